The summed E-state index contributed by atoms with van der Waals surface area (Å²) in [6.45, 7) is 6.52. The number of hydrogen-bond donors (Lipinski definition) is 0. The van der Waals surface area contributed by atoms with Crippen LogP contribution in [0.4, 0.5) is 0 Å². The van der Waals surface area contributed by atoms with Gasteiger partial charge in [0, 0.05) is 23.8 Å². The molecule has 1 aromatic heterocycles. The van der Waals surface area contributed by atoms with Crippen LogP contribution in [0, 0.1) is 6.92 Å². The van der Waals surface area contributed by atoms with E-state index < -0.39 is 0 Å². The lowest BCUT2D eigenvalue weighted by atomic mass is 9.92. The summed E-state index contributed by atoms with van der Waals surface area (Å²) in [5.41, 5.74) is 13.5. The smallest absolute Gasteiger partial charge is 0.154 e. The molecule has 1 aliphatic carbocycles. The summed E-state index contributed by atoms with van der Waals surface area (Å²) in [6, 6.07) is 38.5. The van der Waals surface area contributed by atoms with Crippen LogP contribution >= 0.6 is 0 Å². The lowest BCUT2D eigenvalue weighted by Crippen LogP contribution is -2.17. The molecule has 2 aliphatic rings. The molecule has 0 radical (unpaired) electrons. The van der Waals surface area contributed by atoms with Gasteiger partial charge in [0.1, 0.15) is 0 Å². The van der Waals surface area contributed by atoms with E-state index in [1.165, 1.54) is 22.3 Å². The van der Waals surface area contributed by atoms with Gasteiger partial charge in [0.2, 0.25) is 0 Å². The van der Waals surface area contributed by atoms with Crippen LogP contribution in [-0.4, -0.2) is 16.5 Å². The number of hydrogen-bond acceptors (Lipinski definition) is 3. The highest BCUT2D eigenvalue weighted by molar-refractivity contribution is 6.15. The Kier molecular flexibility index (Phi) is 7.99. The average molecular weight is 582 g/mol. The van der Waals surface area contributed by atoms with Crippen molar-refractivity contribution in [3.63, 3.8) is 0 Å². The number of benzene rings is 4. The Balaban J connectivity index is 1.23. The summed E-state index contributed by atoms with van der Waals surface area (Å²) in [6.07, 6.45) is 13.3. The minimum atomic E-state index is -0.0848. The molecule has 0 fully saturated rings. The number of amidine groups is 1. The first-order valence-electron chi connectivity index (χ1n) is 15.6. The fourth-order valence-corrected chi connectivity index (χ4v) is 6.02. The summed E-state index contributed by atoms with van der Waals surface area (Å²) < 4.78 is 0. The fraction of sp³-hybridized carbons (Fsp3) is 0.119. The van der Waals surface area contributed by atoms with Gasteiger partial charge in [-0.1, -0.05) is 122 Å². The topological polar surface area (TPSA) is 37.6 Å². The maximum atomic E-state index is 5.19. The van der Waals surface area contributed by atoms with Gasteiger partial charge in [0.25, 0.3) is 0 Å². The van der Waals surface area contributed by atoms with Gasteiger partial charge in [-0.05, 0) is 82.5 Å². The Morgan fingerprint density at radius 3 is 2.38 bits per heavy atom. The molecule has 7 rings (SSSR count). The van der Waals surface area contributed by atoms with E-state index in [4.69, 9.17) is 15.0 Å². The van der Waals surface area contributed by atoms with Gasteiger partial charge in [0.15, 0.2) is 5.84 Å². The first kappa shape index (κ1) is 28.4. The Morgan fingerprint density at radius 1 is 0.778 bits per heavy atom. The van der Waals surface area contributed by atoms with Crippen LogP contribution < -0.4 is 0 Å². The van der Waals surface area contributed by atoms with E-state index in [2.05, 4.69) is 135 Å². The Labute approximate surface area is 265 Å². The minimum Gasteiger partial charge on any atom is -0.258 e. The summed E-state index contributed by atoms with van der Waals surface area (Å²) in [7, 11) is 0. The summed E-state index contributed by atoms with van der Waals surface area (Å²) in [5, 5.41) is 0. The van der Waals surface area contributed by atoms with Crippen LogP contribution in [0.25, 0.3) is 34.4 Å². The standard InChI is InChI=1S/C42H35N3/c1-29-11-6-7-12-31(29)20-19-30(2)42-44-40(34-23-21-33(22-24-34)32-13-4-3-5-14-32)27-41(45-42)37-17-10-16-35(25-37)38-26-36-15-8-9-18-39(36)43-28-38/h3-7,9-14,16-26,28,41H,2,8,15,27H2,1H3/b20-19-. The number of rotatable bonds is 7. The molecule has 45 heavy (non-hydrogen) atoms. The van der Waals surface area contributed by atoms with Crippen molar-refractivity contribution in [2.45, 2.75) is 32.2 Å². The lowest BCUT2D eigenvalue weighted by Gasteiger charge is -2.22. The van der Waals surface area contributed by atoms with Crippen LogP contribution in [0.1, 0.15) is 52.4 Å². The van der Waals surface area contributed by atoms with Gasteiger partial charge in [0.05, 0.1) is 17.4 Å². The molecule has 0 saturated heterocycles. The first-order chi connectivity index (χ1) is 22.1. The summed E-state index contributed by atoms with van der Waals surface area (Å²) in [5.74, 6) is 0.672. The minimum absolute atomic E-state index is 0.0848. The van der Waals surface area contributed by atoms with Gasteiger partial charge in [-0.25, -0.2) is 4.99 Å². The lowest BCUT2D eigenvalue weighted by molar-refractivity contribution is 0.754. The molecule has 218 valence electrons. The normalized spacial score (nSPS) is 15.8. The second-order valence-electron chi connectivity index (χ2n) is 11.7. The SMILES string of the molecule is C=C(/C=C\c1ccccc1C)C1=NC(c2cccc(-c3cnc4c(c3)CCC=C4)c2)CC(c2ccc(-c3ccccc3)cc2)=N1. The number of fused-ring (bicyclic) bond motifs is 1. The zero-order valence-electron chi connectivity index (χ0n) is 25.5. The molecule has 2 heterocycles. The predicted octanol–water partition coefficient (Wildman–Crippen LogP) is 10.3. The maximum Gasteiger partial charge on any atom is 0.154 e. The molecule has 5 aromatic rings. The number of aromatic nitrogens is 1. The van der Waals surface area contributed by atoms with Gasteiger partial charge >= 0.3 is 0 Å². The van der Waals surface area contributed by atoms with Crippen LogP contribution in [0.2, 0.25) is 0 Å². The van der Waals surface area contributed by atoms with Crippen LogP contribution in [0.15, 0.2) is 150 Å². The van der Waals surface area contributed by atoms with Gasteiger partial charge < -0.3 is 0 Å². The van der Waals surface area contributed by atoms with Crippen LogP contribution in [0.5, 0.6) is 0 Å². The van der Waals surface area contributed by atoms with Crippen LogP contribution in [-0.2, 0) is 6.42 Å². The molecule has 0 bridgehead atoms. The average Bonchev–Trinajstić information content (AvgIpc) is 3.11. The highest BCUT2D eigenvalue weighted by Crippen LogP contribution is 2.33. The molecular weight excluding hydrogens is 546 g/mol. The number of nitrogens with zero attached hydrogens (tertiary/aromatic N) is 3. The van der Waals surface area contributed by atoms with E-state index in [1.54, 1.807) is 0 Å². The van der Waals surface area contributed by atoms with Crippen molar-refractivity contribution in [2.75, 3.05) is 0 Å². The van der Waals surface area contributed by atoms with E-state index in [0.717, 1.165) is 57.6 Å². The van der Waals surface area contributed by atoms with Crippen molar-refractivity contribution in [1.82, 2.24) is 4.98 Å². The Bertz CT molecular complexity index is 1990. The third-order valence-corrected chi connectivity index (χ3v) is 8.63. The van der Waals surface area contributed by atoms with E-state index >= 15 is 0 Å². The zero-order chi connectivity index (χ0) is 30.6. The fourth-order valence-electron chi connectivity index (χ4n) is 6.02. The van der Waals surface area contributed by atoms with Crippen molar-refractivity contribution in [3.8, 4) is 22.3 Å². The van der Waals surface area contributed by atoms with Crippen molar-refractivity contribution >= 4 is 23.7 Å². The number of pyridine rings is 1. The van der Waals surface area contributed by atoms with Gasteiger partial charge in [-0.2, -0.15) is 0 Å². The maximum absolute atomic E-state index is 5.19. The van der Waals surface area contributed by atoms with E-state index in [1.807, 2.05) is 18.3 Å². The van der Waals surface area contributed by atoms with Gasteiger partial charge in [-0.15, -0.1) is 0 Å². The van der Waals surface area contributed by atoms with Crippen molar-refractivity contribution in [3.05, 3.63) is 173 Å². The molecule has 0 amide bonds. The molecule has 1 unspecified atom stereocenters. The summed E-state index contributed by atoms with van der Waals surface area (Å²) >= 11 is 0. The predicted molar refractivity (Wildman–Crippen MR) is 190 cm³/mol. The quantitative estimate of drug-likeness (QED) is 0.176. The van der Waals surface area contributed by atoms with Crippen LogP contribution in [0.3, 0.4) is 0 Å². The number of allylic oxidation sites excluding steroid dienone is 1. The van der Waals surface area contributed by atoms with Crippen molar-refractivity contribution in [1.29, 1.82) is 0 Å². The van der Waals surface area contributed by atoms with Crippen molar-refractivity contribution in [2.24, 2.45) is 9.98 Å². The first-order valence-corrected chi connectivity index (χ1v) is 15.6. The Morgan fingerprint density at radius 2 is 1.53 bits per heavy atom. The third kappa shape index (κ3) is 6.30. The van der Waals surface area contributed by atoms with Gasteiger partial charge in [-0.3, -0.25) is 9.98 Å². The zero-order valence-corrected chi connectivity index (χ0v) is 25.5. The molecule has 0 spiro atoms. The van der Waals surface area contributed by atoms with E-state index in [0.29, 0.717) is 12.3 Å². The highest BCUT2D eigenvalue weighted by Gasteiger charge is 2.23. The molecule has 0 N–H and O–H groups in total. The molecule has 1 aliphatic heterocycles. The molecule has 3 heteroatoms. The Hall–Kier alpha value is -5.41. The molecule has 1 atom stereocenters. The second-order valence-corrected chi connectivity index (χ2v) is 11.7. The van der Waals surface area contributed by atoms with E-state index in [9.17, 15) is 0 Å². The molecule has 3 nitrogen and oxygen atoms in total. The summed E-state index contributed by atoms with van der Waals surface area (Å²) in [4.78, 5) is 15.0. The van der Waals surface area contributed by atoms with E-state index in [-0.39, 0.29) is 6.04 Å². The number of aliphatic imine (C=N–C) groups is 2. The van der Waals surface area contributed by atoms with Crippen molar-refractivity contribution < 1.29 is 0 Å². The highest BCUT2D eigenvalue weighted by atomic mass is 15.0. The number of aryl methyl sites for hydroxylation is 2. The molecule has 0 saturated carbocycles. The molecule has 4 aromatic carbocycles. The monoisotopic (exact) mass is 581 g/mol. The third-order valence-electron chi connectivity index (χ3n) is 8.63. The second kappa shape index (κ2) is 12.7. The largest absolute Gasteiger partial charge is 0.258 e. The molecular formula is C42H35N3.